The lowest BCUT2D eigenvalue weighted by Crippen LogP contribution is -2.48. The largest absolute Gasteiger partial charge is 0.454 e. The Bertz CT molecular complexity index is 1040. The van der Waals surface area contributed by atoms with Gasteiger partial charge in [-0.15, -0.1) is 12.4 Å². The number of piperazine rings is 1. The Labute approximate surface area is 194 Å². The van der Waals surface area contributed by atoms with E-state index in [2.05, 4.69) is 5.32 Å². The number of alkyl halides is 3. The number of anilines is 2. The van der Waals surface area contributed by atoms with Gasteiger partial charge in [-0.2, -0.15) is 13.2 Å². The molecule has 2 heterocycles. The molecule has 2 aliphatic heterocycles. The van der Waals surface area contributed by atoms with Gasteiger partial charge in [-0.1, -0.05) is 6.07 Å². The van der Waals surface area contributed by atoms with Crippen molar-refractivity contribution in [1.29, 1.82) is 0 Å². The molecular formula is C22H23ClF3N3O4. The number of nitrogens with zero attached hydrogens (tertiary/aromatic N) is 2. The zero-order valence-electron chi connectivity index (χ0n) is 17.8. The minimum Gasteiger partial charge on any atom is -0.454 e. The molecule has 0 spiro atoms. The van der Waals surface area contributed by atoms with Crippen LogP contribution in [0.25, 0.3) is 0 Å². The fourth-order valence-corrected chi connectivity index (χ4v) is 3.77. The predicted molar refractivity (Wildman–Crippen MR) is 119 cm³/mol. The van der Waals surface area contributed by atoms with Crippen LogP contribution in [0, 0.1) is 0 Å². The second kappa shape index (κ2) is 9.88. The third-order valence-corrected chi connectivity index (χ3v) is 5.44. The summed E-state index contributed by atoms with van der Waals surface area (Å²) in [7, 11) is 0. The van der Waals surface area contributed by atoms with Crippen molar-refractivity contribution in [3.8, 4) is 11.5 Å². The van der Waals surface area contributed by atoms with Crippen molar-refractivity contribution in [3.05, 3.63) is 47.5 Å². The lowest BCUT2D eigenvalue weighted by molar-refractivity contribution is -0.137. The molecule has 1 saturated heterocycles. The van der Waals surface area contributed by atoms with Crippen molar-refractivity contribution in [2.24, 2.45) is 0 Å². The summed E-state index contributed by atoms with van der Waals surface area (Å²) in [5, 5.41) is 2.76. The number of halogens is 4. The molecule has 0 aliphatic carbocycles. The van der Waals surface area contributed by atoms with Gasteiger partial charge in [0.1, 0.15) is 0 Å². The first-order valence-corrected chi connectivity index (χ1v) is 10.1. The molecule has 0 atom stereocenters. The van der Waals surface area contributed by atoms with E-state index in [0.717, 1.165) is 12.1 Å². The maximum atomic E-state index is 13.0. The van der Waals surface area contributed by atoms with E-state index in [1.807, 2.05) is 9.80 Å². The SMILES string of the molecule is CC(=O)c1cc2c(cc1NC(=O)CN1CCN(c3cccc(C(F)(F)F)c3)CC1)OCO2.Cl. The zero-order valence-corrected chi connectivity index (χ0v) is 18.6. The van der Waals surface area contributed by atoms with Crippen LogP contribution < -0.4 is 19.7 Å². The van der Waals surface area contributed by atoms with Crippen LogP contribution in [0.1, 0.15) is 22.8 Å². The molecule has 0 unspecified atom stereocenters. The fraction of sp³-hybridized carbons (Fsp3) is 0.364. The number of nitrogens with one attached hydrogen (secondary N) is 1. The van der Waals surface area contributed by atoms with Crippen molar-refractivity contribution in [2.75, 3.05) is 49.7 Å². The van der Waals surface area contributed by atoms with Gasteiger partial charge in [0.15, 0.2) is 17.3 Å². The Kier molecular flexibility index (Phi) is 7.38. The highest BCUT2D eigenvalue weighted by Gasteiger charge is 2.31. The predicted octanol–water partition coefficient (Wildman–Crippen LogP) is 3.82. The normalized spacial score (nSPS) is 15.7. The second-order valence-electron chi connectivity index (χ2n) is 7.67. The number of amides is 1. The molecule has 1 amide bonds. The summed E-state index contributed by atoms with van der Waals surface area (Å²) < 4.78 is 49.5. The minimum atomic E-state index is -4.39. The van der Waals surface area contributed by atoms with Gasteiger partial charge in [-0.05, 0) is 31.2 Å². The maximum absolute atomic E-state index is 13.0. The van der Waals surface area contributed by atoms with E-state index in [4.69, 9.17) is 9.47 Å². The lowest BCUT2D eigenvalue weighted by Gasteiger charge is -2.36. The van der Waals surface area contributed by atoms with Crippen molar-refractivity contribution in [2.45, 2.75) is 13.1 Å². The standard InChI is InChI=1S/C22H22F3N3O4.ClH/c1-14(29)17-10-19-20(32-13-31-19)11-18(17)26-21(30)12-27-5-7-28(8-6-27)16-4-2-3-15(9-16)22(23,24)25;/h2-4,9-11H,5-8,12-13H2,1H3,(H,26,30);1H. The van der Waals surface area contributed by atoms with Crippen molar-refractivity contribution >= 4 is 35.5 Å². The Morgan fingerprint density at radius 3 is 2.33 bits per heavy atom. The number of rotatable bonds is 5. The monoisotopic (exact) mass is 485 g/mol. The van der Waals surface area contributed by atoms with Gasteiger partial charge in [0.05, 0.1) is 17.8 Å². The maximum Gasteiger partial charge on any atom is 0.416 e. The second-order valence-corrected chi connectivity index (χ2v) is 7.67. The van der Waals surface area contributed by atoms with Crippen LogP contribution in [0.15, 0.2) is 36.4 Å². The van der Waals surface area contributed by atoms with Crippen LogP contribution in [0.5, 0.6) is 11.5 Å². The molecule has 2 aliphatic rings. The van der Waals surface area contributed by atoms with E-state index in [-0.39, 0.29) is 37.4 Å². The third kappa shape index (κ3) is 5.69. The first-order chi connectivity index (χ1) is 15.2. The van der Waals surface area contributed by atoms with E-state index >= 15 is 0 Å². The molecule has 11 heteroatoms. The number of carbonyl (C=O) groups excluding carboxylic acids is 2. The highest BCUT2D eigenvalue weighted by molar-refractivity contribution is 6.05. The van der Waals surface area contributed by atoms with Gasteiger partial charge < -0.3 is 19.7 Å². The first kappa shape index (κ1) is 24.7. The average Bonchev–Trinajstić information content (AvgIpc) is 3.20. The van der Waals surface area contributed by atoms with Gasteiger partial charge in [-0.25, -0.2) is 0 Å². The molecule has 0 aromatic heterocycles. The van der Waals surface area contributed by atoms with Crippen molar-refractivity contribution in [1.82, 2.24) is 4.90 Å². The van der Waals surface area contributed by atoms with E-state index in [1.165, 1.54) is 13.0 Å². The van der Waals surface area contributed by atoms with E-state index in [0.29, 0.717) is 54.6 Å². The summed E-state index contributed by atoms with van der Waals surface area (Å²) in [6.45, 7) is 3.59. The first-order valence-electron chi connectivity index (χ1n) is 10.1. The Morgan fingerprint density at radius 2 is 1.70 bits per heavy atom. The van der Waals surface area contributed by atoms with E-state index < -0.39 is 11.7 Å². The van der Waals surface area contributed by atoms with E-state index in [9.17, 15) is 22.8 Å². The third-order valence-electron chi connectivity index (χ3n) is 5.44. The quantitative estimate of drug-likeness (QED) is 0.649. The summed E-state index contributed by atoms with van der Waals surface area (Å²) in [5.41, 5.74) is 0.517. The van der Waals surface area contributed by atoms with Crippen LogP contribution in [0.3, 0.4) is 0 Å². The average molecular weight is 486 g/mol. The number of benzene rings is 2. The van der Waals surface area contributed by atoms with Crippen LogP contribution in [0.4, 0.5) is 24.5 Å². The van der Waals surface area contributed by atoms with Gasteiger partial charge >= 0.3 is 6.18 Å². The summed E-state index contributed by atoms with van der Waals surface area (Å²) in [6.07, 6.45) is -4.39. The highest BCUT2D eigenvalue weighted by atomic mass is 35.5. The molecule has 178 valence electrons. The molecule has 7 nitrogen and oxygen atoms in total. The molecule has 4 rings (SSSR count). The summed E-state index contributed by atoms with van der Waals surface area (Å²) in [5.74, 6) is 0.408. The summed E-state index contributed by atoms with van der Waals surface area (Å²) in [4.78, 5) is 28.3. The van der Waals surface area contributed by atoms with Gasteiger partial charge in [0.25, 0.3) is 0 Å². The number of hydrogen-bond donors (Lipinski definition) is 1. The van der Waals surface area contributed by atoms with E-state index in [1.54, 1.807) is 18.2 Å². The highest BCUT2D eigenvalue weighted by Crippen LogP contribution is 2.37. The molecule has 33 heavy (non-hydrogen) atoms. The van der Waals surface area contributed by atoms with Crippen LogP contribution in [-0.4, -0.2) is 56.1 Å². The molecule has 0 saturated carbocycles. The topological polar surface area (TPSA) is 71.1 Å². The number of hydrogen-bond acceptors (Lipinski definition) is 6. The number of ketones is 1. The summed E-state index contributed by atoms with van der Waals surface area (Å²) in [6, 6.07) is 8.37. The molecule has 0 bridgehead atoms. The molecule has 2 aromatic rings. The van der Waals surface area contributed by atoms with Gasteiger partial charge in [0.2, 0.25) is 12.7 Å². The van der Waals surface area contributed by atoms with Crippen LogP contribution in [-0.2, 0) is 11.0 Å². The summed E-state index contributed by atoms with van der Waals surface area (Å²) >= 11 is 0. The lowest BCUT2D eigenvalue weighted by atomic mass is 10.1. The number of ether oxygens (including phenoxy) is 2. The van der Waals surface area contributed by atoms with Gasteiger partial charge in [-0.3, -0.25) is 14.5 Å². The molecule has 2 aromatic carbocycles. The molecular weight excluding hydrogens is 463 g/mol. The number of Topliss-reactive ketones (excluding diaryl/α,β-unsaturated/α-hetero) is 1. The fourth-order valence-electron chi connectivity index (χ4n) is 3.77. The van der Waals surface area contributed by atoms with Crippen molar-refractivity contribution < 1.29 is 32.2 Å². The zero-order chi connectivity index (χ0) is 22.9. The number of fused-ring (bicyclic) bond motifs is 1. The van der Waals surface area contributed by atoms with Crippen molar-refractivity contribution in [3.63, 3.8) is 0 Å². The van der Waals surface area contributed by atoms with Crippen LogP contribution in [0.2, 0.25) is 0 Å². The van der Waals surface area contributed by atoms with Gasteiger partial charge in [0, 0.05) is 43.5 Å². The molecule has 0 radical (unpaired) electrons. The Balaban J connectivity index is 0.00000306. The Morgan fingerprint density at radius 1 is 1.03 bits per heavy atom. The molecule has 1 N–H and O–H groups in total. The smallest absolute Gasteiger partial charge is 0.416 e. The molecule has 1 fully saturated rings. The Hall–Kier alpha value is -2.98. The number of carbonyl (C=O) groups is 2. The minimum absolute atomic E-state index is 0. The van der Waals surface area contributed by atoms with Crippen LogP contribution >= 0.6 is 12.4 Å².